The van der Waals surface area contributed by atoms with Crippen LogP contribution in [0, 0.1) is 0 Å². The van der Waals surface area contributed by atoms with E-state index in [2.05, 4.69) is 9.88 Å². The number of rotatable bonds is 4. The molecule has 0 bridgehead atoms. The summed E-state index contributed by atoms with van der Waals surface area (Å²) in [7, 11) is 1.57. The zero-order chi connectivity index (χ0) is 19.8. The molecule has 0 radical (unpaired) electrons. The predicted octanol–water partition coefficient (Wildman–Crippen LogP) is 1.76. The Kier molecular flexibility index (Phi) is 5.11. The smallest absolute Gasteiger partial charge is 0.242 e. The standard InChI is InChI=1S/C18H19ClN4O4S/c1-27-17-11(19)2-3-12-16(17)20-18(28-12)22-8-6-21(7-9-22)15(26)10-23-13(24)4-5-14(23)25/h2-3H,4-10H2,1H3. The van der Waals surface area contributed by atoms with Gasteiger partial charge in [0.2, 0.25) is 17.7 Å². The lowest BCUT2D eigenvalue weighted by molar-refractivity contribution is -0.145. The van der Waals surface area contributed by atoms with Crippen molar-refractivity contribution < 1.29 is 19.1 Å². The third kappa shape index (κ3) is 3.40. The van der Waals surface area contributed by atoms with Gasteiger partial charge >= 0.3 is 0 Å². The zero-order valence-electron chi connectivity index (χ0n) is 15.3. The van der Waals surface area contributed by atoms with Gasteiger partial charge in [-0.1, -0.05) is 22.9 Å². The second kappa shape index (κ2) is 7.56. The Balaban J connectivity index is 1.41. The van der Waals surface area contributed by atoms with Crippen LogP contribution in [-0.4, -0.2) is 72.3 Å². The largest absolute Gasteiger partial charge is 0.493 e. The van der Waals surface area contributed by atoms with Crippen molar-refractivity contribution >= 4 is 56.0 Å². The highest BCUT2D eigenvalue weighted by Gasteiger charge is 2.32. The Morgan fingerprint density at radius 2 is 1.86 bits per heavy atom. The number of methoxy groups -OCH3 is 1. The highest BCUT2D eigenvalue weighted by molar-refractivity contribution is 7.22. The van der Waals surface area contributed by atoms with Crippen molar-refractivity contribution in [1.29, 1.82) is 0 Å². The molecule has 2 aliphatic heterocycles. The van der Waals surface area contributed by atoms with Gasteiger partial charge in [0.25, 0.3) is 0 Å². The van der Waals surface area contributed by atoms with Gasteiger partial charge in [-0.15, -0.1) is 0 Å². The number of piperazine rings is 1. The molecule has 3 amide bonds. The van der Waals surface area contributed by atoms with Crippen LogP contribution in [0.5, 0.6) is 5.75 Å². The molecule has 0 N–H and O–H groups in total. The van der Waals surface area contributed by atoms with Gasteiger partial charge in [-0.25, -0.2) is 4.98 Å². The number of nitrogens with zero attached hydrogens (tertiary/aromatic N) is 4. The molecule has 4 rings (SSSR count). The third-order valence-electron chi connectivity index (χ3n) is 5.01. The molecule has 28 heavy (non-hydrogen) atoms. The first-order chi connectivity index (χ1) is 13.5. The molecule has 8 nitrogen and oxygen atoms in total. The van der Waals surface area contributed by atoms with Crippen LogP contribution in [0.2, 0.25) is 5.02 Å². The fourth-order valence-corrected chi connectivity index (χ4v) is 4.69. The number of likely N-dealkylation sites (tertiary alicyclic amines) is 1. The summed E-state index contributed by atoms with van der Waals surface area (Å²) in [6.07, 6.45) is 0.399. The molecule has 2 aliphatic rings. The number of ether oxygens (including phenoxy) is 1. The number of aromatic nitrogens is 1. The molecule has 2 fully saturated rings. The SMILES string of the molecule is COc1c(Cl)ccc2sc(N3CCN(C(=O)CN4C(=O)CCC4=O)CC3)nc12. The summed E-state index contributed by atoms with van der Waals surface area (Å²) in [5, 5.41) is 1.38. The van der Waals surface area contributed by atoms with Crippen LogP contribution in [0.15, 0.2) is 12.1 Å². The first-order valence-electron chi connectivity index (χ1n) is 8.97. The van der Waals surface area contributed by atoms with Crippen molar-refractivity contribution in [3.8, 4) is 5.75 Å². The average molecular weight is 423 g/mol. The summed E-state index contributed by atoms with van der Waals surface area (Å²) >= 11 is 7.73. The fourth-order valence-electron chi connectivity index (χ4n) is 3.44. The van der Waals surface area contributed by atoms with Gasteiger partial charge in [0, 0.05) is 39.0 Å². The van der Waals surface area contributed by atoms with E-state index < -0.39 is 0 Å². The van der Waals surface area contributed by atoms with Gasteiger partial charge in [-0.3, -0.25) is 19.3 Å². The van der Waals surface area contributed by atoms with E-state index in [1.807, 2.05) is 6.07 Å². The number of hydrogen-bond donors (Lipinski definition) is 0. The highest BCUT2D eigenvalue weighted by atomic mass is 35.5. The summed E-state index contributed by atoms with van der Waals surface area (Å²) in [6, 6.07) is 3.72. The van der Waals surface area contributed by atoms with Gasteiger partial charge < -0.3 is 14.5 Å². The maximum absolute atomic E-state index is 12.5. The molecule has 10 heteroatoms. The number of thiazole rings is 1. The van der Waals surface area contributed by atoms with E-state index in [1.54, 1.807) is 29.4 Å². The van der Waals surface area contributed by atoms with Crippen molar-refractivity contribution in [3.63, 3.8) is 0 Å². The molecule has 3 heterocycles. The first kappa shape index (κ1) is 18.9. The van der Waals surface area contributed by atoms with E-state index in [0.717, 1.165) is 20.2 Å². The number of carbonyl (C=O) groups excluding carboxylic acids is 3. The van der Waals surface area contributed by atoms with Crippen molar-refractivity contribution in [2.24, 2.45) is 0 Å². The number of anilines is 1. The van der Waals surface area contributed by atoms with E-state index in [1.165, 1.54) is 0 Å². The van der Waals surface area contributed by atoms with Crippen molar-refractivity contribution in [1.82, 2.24) is 14.8 Å². The van der Waals surface area contributed by atoms with Crippen LogP contribution in [0.4, 0.5) is 5.13 Å². The van der Waals surface area contributed by atoms with Crippen LogP contribution >= 0.6 is 22.9 Å². The average Bonchev–Trinajstić information content (AvgIpc) is 3.26. The number of benzene rings is 1. The number of fused-ring (bicyclic) bond motifs is 1. The predicted molar refractivity (Wildman–Crippen MR) is 106 cm³/mol. The zero-order valence-corrected chi connectivity index (χ0v) is 16.9. The van der Waals surface area contributed by atoms with Gasteiger partial charge in [-0.2, -0.15) is 0 Å². The first-order valence-corrected chi connectivity index (χ1v) is 10.2. The monoisotopic (exact) mass is 422 g/mol. The quantitative estimate of drug-likeness (QED) is 0.698. The Hall–Kier alpha value is -2.39. The maximum Gasteiger partial charge on any atom is 0.242 e. The minimum Gasteiger partial charge on any atom is -0.493 e. The number of carbonyl (C=O) groups is 3. The van der Waals surface area contributed by atoms with Gasteiger partial charge in [0.1, 0.15) is 12.1 Å². The summed E-state index contributed by atoms with van der Waals surface area (Å²) in [5.41, 5.74) is 0.736. The summed E-state index contributed by atoms with van der Waals surface area (Å²) < 4.78 is 6.36. The lowest BCUT2D eigenvalue weighted by atomic mass is 10.3. The Morgan fingerprint density at radius 1 is 1.18 bits per heavy atom. The van der Waals surface area contributed by atoms with Crippen molar-refractivity contribution in [3.05, 3.63) is 17.2 Å². The van der Waals surface area contributed by atoms with Crippen LogP contribution < -0.4 is 9.64 Å². The van der Waals surface area contributed by atoms with Gasteiger partial charge in [0.15, 0.2) is 10.9 Å². The third-order valence-corrected chi connectivity index (χ3v) is 6.39. The Labute approximate surface area is 170 Å². The van der Waals surface area contributed by atoms with E-state index in [4.69, 9.17) is 16.3 Å². The van der Waals surface area contributed by atoms with Crippen LogP contribution in [0.25, 0.3) is 10.2 Å². The van der Waals surface area contributed by atoms with E-state index in [9.17, 15) is 14.4 Å². The van der Waals surface area contributed by atoms with Crippen molar-refractivity contribution in [2.45, 2.75) is 12.8 Å². The number of imide groups is 1. The van der Waals surface area contributed by atoms with Gasteiger partial charge in [-0.05, 0) is 12.1 Å². The van der Waals surface area contributed by atoms with Crippen LogP contribution in [0.1, 0.15) is 12.8 Å². The number of halogens is 1. The van der Waals surface area contributed by atoms with Crippen molar-refractivity contribution in [2.75, 3.05) is 44.7 Å². The number of amides is 3. The molecule has 0 spiro atoms. The van der Waals surface area contributed by atoms with Gasteiger partial charge in [0.05, 0.1) is 16.8 Å². The van der Waals surface area contributed by atoms with E-state index >= 15 is 0 Å². The Bertz CT molecular complexity index is 938. The molecule has 1 aromatic carbocycles. The summed E-state index contributed by atoms with van der Waals surface area (Å²) in [4.78, 5) is 45.4. The molecule has 1 aromatic heterocycles. The lowest BCUT2D eigenvalue weighted by Gasteiger charge is -2.35. The molecule has 148 valence electrons. The maximum atomic E-state index is 12.5. The normalized spacial score (nSPS) is 17.7. The highest BCUT2D eigenvalue weighted by Crippen LogP contribution is 2.38. The van der Waals surface area contributed by atoms with Crippen LogP contribution in [0.3, 0.4) is 0 Å². The summed E-state index contributed by atoms with van der Waals surface area (Å²) in [5.74, 6) is -0.158. The second-order valence-corrected chi connectivity index (χ2v) is 8.08. The molecule has 2 saturated heterocycles. The van der Waals surface area contributed by atoms with Crippen LogP contribution in [-0.2, 0) is 14.4 Å². The Morgan fingerprint density at radius 3 is 2.50 bits per heavy atom. The molecule has 0 aliphatic carbocycles. The minimum atomic E-state index is -0.265. The minimum absolute atomic E-state index is 0.158. The van der Waals surface area contributed by atoms with E-state index in [-0.39, 0.29) is 37.1 Å². The fraction of sp³-hybridized carbons (Fsp3) is 0.444. The molecule has 0 unspecified atom stereocenters. The molecular weight excluding hydrogens is 404 g/mol. The lowest BCUT2D eigenvalue weighted by Crippen LogP contribution is -2.51. The number of hydrogen-bond acceptors (Lipinski definition) is 7. The molecular formula is C18H19ClN4O4S. The molecule has 0 saturated carbocycles. The second-order valence-electron chi connectivity index (χ2n) is 6.67. The summed E-state index contributed by atoms with van der Waals surface area (Å²) in [6.45, 7) is 2.13. The molecule has 0 atom stereocenters. The topological polar surface area (TPSA) is 83.0 Å². The molecule has 2 aromatic rings. The van der Waals surface area contributed by atoms with E-state index in [0.29, 0.717) is 37.0 Å².